The number of nitrogens with zero attached hydrogens (tertiary/aromatic N) is 2. The molecule has 1 aliphatic rings. The summed E-state index contributed by atoms with van der Waals surface area (Å²) in [5.74, 6) is 0.807. The van der Waals surface area contributed by atoms with Gasteiger partial charge in [-0.05, 0) is 37.3 Å². The lowest BCUT2D eigenvalue weighted by Gasteiger charge is -2.41. The first-order chi connectivity index (χ1) is 12.7. The van der Waals surface area contributed by atoms with Crippen LogP contribution in [0.5, 0.6) is 11.5 Å². The first kappa shape index (κ1) is 16.0. The summed E-state index contributed by atoms with van der Waals surface area (Å²) in [6, 6.07) is 24.5. The SMILES string of the molecule is Cc1ccc(N2[C@H](C#N)c3ccccc3O[C@H]2c2ccccc2O)cc1. The molecule has 0 spiro atoms. The average molecular weight is 342 g/mol. The van der Waals surface area contributed by atoms with Gasteiger partial charge >= 0.3 is 0 Å². The van der Waals surface area contributed by atoms with Crippen molar-refractivity contribution in [2.24, 2.45) is 0 Å². The summed E-state index contributed by atoms with van der Waals surface area (Å²) in [5, 5.41) is 20.3. The monoisotopic (exact) mass is 342 g/mol. The molecule has 0 amide bonds. The van der Waals surface area contributed by atoms with Crippen molar-refractivity contribution < 1.29 is 9.84 Å². The number of nitriles is 1. The van der Waals surface area contributed by atoms with Crippen LogP contribution >= 0.6 is 0 Å². The number of para-hydroxylation sites is 2. The van der Waals surface area contributed by atoms with Crippen molar-refractivity contribution in [1.29, 1.82) is 5.26 Å². The van der Waals surface area contributed by atoms with E-state index < -0.39 is 12.3 Å². The fourth-order valence-corrected chi connectivity index (χ4v) is 3.32. The molecule has 3 aromatic carbocycles. The highest BCUT2D eigenvalue weighted by molar-refractivity contribution is 5.58. The van der Waals surface area contributed by atoms with E-state index >= 15 is 0 Å². The predicted molar refractivity (Wildman–Crippen MR) is 99.9 cm³/mol. The van der Waals surface area contributed by atoms with Gasteiger partial charge < -0.3 is 14.7 Å². The van der Waals surface area contributed by atoms with E-state index in [1.165, 1.54) is 0 Å². The molecule has 26 heavy (non-hydrogen) atoms. The summed E-state index contributed by atoms with van der Waals surface area (Å²) in [6.07, 6.45) is -0.599. The number of phenolic OH excluding ortho intramolecular Hbond substituents is 1. The van der Waals surface area contributed by atoms with E-state index in [-0.39, 0.29) is 5.75 Å². The van der Waals surface area contributed by atoms with Gasteiger partial charge in [-0.3, -0.25) is 0 Å². The molecule has 0 fully saturated rings. The first-order valence-corrected chi connectivity index (χ1v) is 8.47. The summed E-state index contributed by atoms with van der Waals surface area (Å²) in [4.78, 5) is 1.91. The molecule has 2 atom stereocenters. The van der Waals surface area contributed by atoms with Gasteiger partial charge in [0.2, 0.25) is 6.23 Å². The van der Waals surface area contributed by atoms with Gasteiger partial charge in [0.15, 0.2) is 0 Å². The zero-order valence-electron chi connectivity index (χ0n) is 14.3. The van der Waals surface area contributed by atoms with Gasteiger partial charge in [-0.2, -0.15) is 5.26 Å². The fourth-order valence-electron chi connectivity index (χ4n) is 3.32. The highest BCUT2D eigenvalue weighted by atomic mass is 16.5. The number of aromatic hydroxyl groups is 1. The van der Waals surface area contributed by atoms with Gasteiger partial charge in [-0.15, -0.1) is 0 Å². The van der Waals surface area contributed by atoms with Gasteiger partial charge in [0.05, 0.1) is 11.6 Å². The predicted octanol–water partition coefficient (Wildman–Crippen LogP) is 4.86. The van der Waals surface area contributed by atoms with Crippen molar-refractivity contribution in [2.75, 3.05) is 4.90 Å². The van der Waals surface area contributed by atoms with Crippen LogP contribution in [0.25, 0.3) is 0 Å². The van der Waals surface area contributed by atoms with Crippen molar-refractivity contribution in [1.82, 2.24) is 0 Å². The first-order valence-electron chi connectivity index (χ1n) is 8.47. The summed E-state index contributed by atoms with van der Waals surface area (Å²) in [6.45, 7) is 2.02. The van der Waals surface area contributed by atoms with E-state index in [1.54, 1.807) is 12.1 Å². The van der Waals surface area contributed by atoms with E-state index in [1.807, 2.05) is 72.5 Å². The van der Waals surface area contributed by atoms with Crippen LogP contribution in [0.2, 0.25) is 0 Å². The van der Waals surface area contributed by atoms with Crippen LogP contribution in [0.15, 0.2) is 72.8 Å². The van der Waals surface area contributed by atoms with E-state index in [0.29, 0.717) is 11.3 Å². The smallest absolute Gasteiger partial charge is 0.203 e. The average Bonchev–Trinajstić information content (AvgIpc) is 2.67. The Hall–Kier alpha value is -3.45. The Kier molecular flexibility index (Phi) is 3.98. The molecule has 0 radical (unpaired) electrons. The van der Waals surface area contributed by atoms with E-state index in [4.69, 9.17) is 4.74 Å². The maximum absolute atomic E-state index is 10.4. The normalized spacial score (nSPS) is 18.5. The van der Waals surface area contributed by atoms with E-state index in [0.717, 1.165) is 16.8 Å². The number of anilines is 1. The van der Waals surface area contributed by atoms with Gasteiger partial charge in [-0.25, -0.2) is 0 Å². The Bertz CT molecular complexity index is 976. The molecule has 0 saturated carbocycles. The molecule has 4 nitrogen and oxygen atoms in total. The Balaban J connectivity index is 1.91. The van der Waals surface area contributed by atoms with Gasteiger partial charge in [0.25, 0.3) is 0 Å². The number of rotatable bonds is 2. The number of phenols is 1. The van der Waals surface area contributed by atoms with Gasteiger partial charge in [0, 0.05) is 11.3 Å². The summed E-state index contributed by atoms with van der Waals surface area (Å²) < 4.78 is 6.24. The zero-order valence-corrected chi connectivity index (χ0v) is 14.3. The molecule has 1 heterocycles. The lowest BCUT2D eigenvalue weighted by atomic mass is 9.99. The Morgan fingerprint density at radius 2 is 1.58 bits per heavy atom. The molecular formula is C22H18N2O2. The van der Waals surface area contributed by atoms with Crippen LogP contribution < -0.4 is 9.64 Å². The quantitative estimate of drug-likeness (QED) is 0.722. The zero-order chi connectivity index (χ0) is 18.1. The number of hydrogen-bond acceptors (Lipinski definition) is 4. The van der Waals surface area contributed by atoms with Crippen LogP contribution in [0.1, 0.15) is 29.0 Å². The second kappa shape index (κ2) is 6.45. The maximum Gasteiger partial charge on any atom is 0.203 e. The minimum absolute atomic E-state index is 0.144. The highest BCUT2D eigenvalue weighted by Crippen LogP contribution is 2.46. The number of benzene rings is 3. The Morgan fingerprint density at radius 3 is 2.27 bits per heavy atom. The van der Waals surface area contributed by atoms with Crippen LogP contribution in [-0.2, 0) is 0 Å². The van der Waals surface area contributed by atoms with Crippen LogP contribution in [0.3, 0.4) is 0 Å². The molecule has 4 heteroatoms. The van der Waals surface area contributed by atoms with Crippen molar-refractivity contribution in [2.45, 2.75) is 19.2 Å². The lowest BCUT2D eigenvalue weighted by Crippen LogP contribution is -2.39. The van der Waals surface area contributed by atoms with Crippen molar-refractivity contribution in [3.05, 3.63) is 89.5 Å². The number of fused-ring (bicyclic) bond motifs is 1. The van der Waals surface area contributed by atoms with Crippen LogP contribution in [-0.4, -0.2) is 5.11 Å². The molecular weight excluding hydrogens is 324 g/mol. The second-order valence-corrected chi connectivity index (χ2v) is 6.34. The topological polar surface area (TPSA) is 56.5 Å². The Labute approximate surface area is 152 Å². The standard InChI is InChI=1S/C22H18N2O2/c1-15-10-12-16(13-11-15)24-19(14-23)17-6-3-5-9-21(17)26-22(24)18-7-2-4-8-20(18)25/h2-13,19,22,25H,1H3/t19-,22+/m1/s1. The highest BCUT2D eigenvalue weighted by Gasteiger charge is 2.38. The molecule has 4 rings (SSSR count). The number of aryl methyl sites for hydroxylation is 1. The molecule has 0 aromatic heterocycles. The minimum atomic E-state index is -0.599. The second-order valence-electron chi connectivity index (χ2n) is 6.34. The van der Waals surface area contributed by atoms with Crippen molar-refractivity contribution in [3.8, 4) is 17.6 Å². The summed E-state index contributed by atoms with van der Waals surface area (Å²) in [7, 11) is 0. The van der Waals surface area contributed by atoms with E-state index in [2.05, 4.69) is 6.07 Å². The maximum atomic E-state index is 10.4. The Morgan fingerprint density at radius 1 is 0.923 bits per heavy atom. The summed E-state index contributed by atoms with van der Waals surface area (Å²) in [5.41, 5.74) is 3.45. The molecule has 0 saturated heterocycles. The molecule has 0 aliphatic carbocycles. The molecule has 3 aromatic rings. The van der Waals surface area contributed by atoms with E-state index in [9.17, 15) is 10.4 Å². The molecule has 0 bridgehead atoms. The molecule has 128 valence electrons. The third kappa shape index (κ3) is 2.64. The molecule has 1 N–H and O–H groups in total. The van der Waals surface area contributed by atoms with Crippen LogP contribution in [0, 0.1) is 18.3 Å². The van der Waals surface area contributed by atoms with Gasteiger partial charge in [-0.1, -0.05) is 48.0 Å². The summed E-state index contributed by atoms with van der Waals surface area (Å²) >= 11 is 0. The largest absolute Gasteiger partial charge is 0.507 e. The third-order valence-electron chi connectivity index (χ3n) is 4.64. The lowest BCUT2D eigenvalue weighted by molar-refractivity contribution is 0.168. The fraction of sp³-hybridized carbons (Fsp3) is 0.136. The van der Waals surface area contributed by atoms with Crippen molar-refractivity contribution >= 4 is 5.69 Å². The van der Waals surface area contributed by atoms with Crippen molar-refractivity contribution in [3.63, 3.8) is 0 Å². The van der Waals surface area contributed by atoms with Gasteiger partial charge in [0.1, 0.15) is 17.5 Å². The number of ether oxygens (including phenoxy) is 1. The molecule has 0 unspecified atom stereocenters. The molecule has 1 aliphatic heterocycles. The number of hydrogen-bond donors (Lipinski definition) is 1. The van der Waals surface area contributed by atoms with Crippen LogP contribution in [0.4, 0.5) is 5.69 Å². The minimum Gasteiger partial charge on any atom is -0.507 e. The third-order valence-corrected chi connectivity index (χ3v) is 4.64.